The molecule has 28 heavy (non-hydrogen) atoms. The van der Waals surface area contributed by atoms with Crippen LogP contribution in [0.3, 0.4) is 0 Å². The van der Waals surface area contributed by atoms with Crippen molar-refractivity contribution in [2.24, 2.45) is 0 Å². The second-order valence-corrected chi connectivity index (χ2v) is 6.39. The average molecular weight is 372 g/mol. The Hall–Kier alpha value is -3.85. The standard InChI is InChI=1S/C22H20N4O2/c1-15(2)28-20-9-7-18(8-10-20)26-22(27)17-11-19(14-24-13-17)25-21-6-4-3-5-16(21)12-23/h3-11,13-15,25H,1-2H3,(H,26,27). The summed E-state index contributed by atoms with van der Waals surface area (Å²) in [5.41, 5.74) is 2.86. The number of para-hydroxylation sites is 1. The Morgan fingerprint density at radius 2 is 1.82 bits per heavy atom. The zero-order valence-electron chi connectivity index (χ0n) is 15.6. The number of nitrogens with one attached hydrogen (secondary N) is 2. The lowest BCUT2D eigenvalue weighted by Crippen LogP contribution is -2.12. The van der Waals surface area contributed by atoms with Crippen LogP contribution < -0.4 is 15.4 Å². The topological polar surface area (TPSA) is 87.0 Å². The molecular formula is C22H20N4O2. The number of hydrogen-bond donors (Lipinski definition) is 2. The third-order valence-electron chi connectivity index (χ3n) is 3.81. The summed E-state index contributed by atoms with van der Waals surface area (Å²) in [5.74, 6) is 0.472. The van der Waals surface area contributed by atoms with Gasteiger partial charge in [0.1, 0.15) is 11.8 Å². The van der Waals surface area contributed by atoms with Gasteiger partial charge in [0.15, 0.2) is 0 Å². The van der Waals surface area contributed by atoms with E-state index in [9.17, 15) is 10.1 Å². The number of carbonyl (C=O) groups excluding carboxylic acids is 1. The molecule has 1 aromatic heterocycles. The van der Waals surface area contributed by atoms with Crippen molar-refractivity contribution >= 4 is 23.0 Å². The van der Waals surface area contributed by atoms with Gasteiger partial charge in [0.2, 0.25) is 0 Å². The summed E-state index contributed by atoms with van der Waals surface area (Å²) in [6.45, 7) is 3.91. The van der Waals surface area contributed by atoms with Gasteiger partial charge in [-0.25, -0.2) is 0 Å². The molecule has 0 spiro atoms. The van der Waals surface area contributed by atoms with Crippen LogP contribution in [-0.2, 0) is 0 Å². The summed E-state index contributed by atoms with van der Waals surface area (Å²) in [6, 6.07) is 18.2. The van der Waals surface area contributed by atoms with Crippen molar-refractivity contribution in [1.29, 1.82) is 5.26 Å². The Balaban J connectivity index is 1.71. The first kappa shape index (κ1) is 18.9. The zero-order chi connectivity index (χ0) is 19.9. The van der Waals surface area contributed by atoms with Crippen LogP contribution in [0, 0.1) is 11.3 Å². The molecule has 0 saturated carbocycles. The highest BCUT2D eigenvalue weighted by Crippen LogP contribution is 2.21. The van der Waals surface area contributed by atoms with E-state index >= 15 is 0 Å². The highest BCUT2D eigenvalue weighted by Gasteiger charge is 2.09. The molecule has 0 unspecified atom stereocenters. The van der Waals surface area contributed by atoms with Gasteiger partial charge < -0.3 is 15.4 Å². The SMILES string of the molecule is CC(C)Oc1ccc(NC(=O)c2cncc(Nc3ccccc3C#N)c2)cc1. The zero-order valence-corrected chi connectivity index (χ0v) is 15.6. The smallest absolute Gasteiger partial charge is 0.257 e. The first-order valence-electron chi connectivity index (χ1n) is 8.84. The van der Waals surface area contributed by atoms with Gasteiger partial charge in [-0.05, 0) is 56.3 Å². The number of anilines is 3. The number of hydrogen-bond acceptors (Lipinski definition) is 5. The van der Waals surface area contributed by atoms with Gasteiger partial charge in [0.25, 0.3) is 5.91 Å². The Kier molecular flexibility index (Phi) is 5.87. The number of nitrogens with zero attached hydrogens (tertiary/aromatic N) is 2. The number of amides is 1. The number of aromatic nitrogens is 1. The summed E-state index contributed by atoms with van der Waals surface area (Å²) in [7, 11) is 0. The number of carbonyl (C=O) groups is 1. The van der Waals surface area contributed by atoms with Gasteiger partial charge in [-0.15, -0.1) is 0 Å². The van der Waals surface area contributed by atoms with Crippen molar-refractivity contribution in [1.82, 2.24) is 4.98 Å². The molecule has 6 nitrogen and oxygen atoms in total. The Morgan fingerprint density at radius 3 is 2.54 bits per heavy atom. The first-order chi connectivity index (χ1) is 13.5. The Bertz CT molecular complexity index is 1010. The maximum Gasteiger partial charge on any atom is 0.257 e. The quantitative estimate of drug-likeness (QED) is 0.653. The number of ether oxygens (including phenoxy) is 1. The molecule has 3 rings (SSSR count). The molecule has 0 aliphatic rings. The van der Waals surface area contributed by atoms with Crippen LogP contribution in [-0.4, -0.2) is 17.0 Å². The molecule has 1 heterocycles. The van der Waals surface area contributed by atoms with Crippen molar-refractivity contribution in [3.05, 3.63) is 78.1 Å². The number of pyridine rings is 1. The van der Waals surface area contributed by atoms with Gasteiger partial charge in [-0.3, -0.25) is 9.78 Å². The molecule has 0 fully saturated rings. The average Bonchev–Trinajstić information content (AvgIpc) is 2.70. The highest BCUT2D eigenvalue weighted by atomic mass is 16.5. The fraction of sp³-hybridized carbons (Fsp3) is 0.136. The fourth-order valence-corrected chi connectivity index (χ4v) is 2.57. The van der Waals surface area contributed by atoms with E-state index in [1.807, 2.05) is 32.0 Å². The third-order valence-corrected chi connectivity index (χ3v) is 3.81. The van der Waals surface area contributed by atoms with Crippen molar-refractivity contribution in [3.8, 4) is 11.8 Å². The van der Waals surface area contributed by atoms with Crippen LogP contribution in [0.5, 0.6) is 5.75 Å². The summed E-state index contributed by atoms with van der Waals surface area (Å²) in [6.07, 6.45) is 3.18. The molecule has 0 saturated heterocycles. The molecule has 0 aliphatic heterocycles. The second kappa shape index (κ2) is 8.69. The van der Waals surface area contributed by atoms with Gasteiger partial charge in [0, 0.05) is 11.9 Å². The van der Waals surface area contributed by atoms with Crippen LogP contribution >= 0.6 is 0 Å². The van der Waals surface area contributed by atoms with Crippen LogP contribution in [0.4, 0.5) is 17.1 Å². The molecule has 6 heteroatoms. The van der Waals surface area contributed by atoms with E-state index in [0.29, 0.717) is 28.2 Å². The molecule has 0 aliphatic carbocycles. The molecule has 140 valence electrons. The van der Waals surface area contributed by atoms with E-state index in [4.69, 9.17) is 4.74 Å². The lowest BCUT2D eigenvalue weighted by atomic mass is 10.2. The van der Waals surface area contributed by atoms with E-state index in [1.54, 1.807) is 42.6 Å². The summed E-state index contributed by atoms with van der Waals surface area (Å²) in [5, 5.41) is 15.2. The predicted octanol–water partition coefficient (Wildman–Crippen LogP) is 4.74. The number of benzene rings is 2. The van der Waals surface area contributed by atoms with Gasteiger partial charge in [0.05, 0.1) is 34.8 Å². The maximum absolute atomic E-state index is 12.5. The molecule has 0 radical (unpaired) electrons. The van der Waals surface area contributed by atoms with E-state index < -0.39 is 0 Å². The van der Waals surface area contributed by atoms with Crippen molar-refractivity contribution in [2.45, 2.75) is 20.0 Å². The Morgan fingerprint density at radius 1 is 1.07 bits per heavy atom. The van der Waals surface area contributed by atoms with E-state index in [2.05, 4.69) is 21.7 Å². The van der Waals surface area contributed by atoms with Crippen LogP contribution in [0.1, 0.15) is 29.8 Å². The summed E-state index contributed by atoms with van der Waals surface area (Å²) >= 11 is 0. The fourth-order valence-electron chi connectivity index (χ4n) is 2.57. The van der Waals surface area contributed by atoms with Gasteiger partial charge in [-0.2, -0.15) is 5.26 Å². The second-order valence-electron chi connectivity index (χ2n) is 6.39. The molecule has 1 amide bonds. The molecular weight excluding hydrogens is 352 g/mol. The molecule has 2 aromatic carbocycles. The minimum absolute atomic E-state index is 0.0907. The van der Waals surface area contributed by atoms with Crippen molar-refractivity contribution in [2.75, 3.05) is 10.6 Å². The van der Waals surface area contributed by atoms with E-state index in [-0.39, 0.29) is 12.0 Å². The van der Waals surface area contributed by atoms with Crippen LogP contribution in [0.2, 0.25) is 0 Å². The van der Waals surface area contributed by atoms with Gasteiger partial charge in [-0.1, -0.05) is 12.1 Å². The molecule has 0 bridgehead atoms. The Labute approximate surface area is 163 Å². The monoisotopic (exact) mass is 372 g/mol. The number of nitriles is 1. The lowest BCUT2D eigenvalue weighted by molar-refractivity contribution is 0.102. The molecule has 2 N–H and O–H groups in total. The van der Waals surface area contributed by atoms with Crippen LogP contribution in [0.15, 0.2) is 67.0 Å². The first-order valence-corrected chi connectivity index (χ1v) is 8.84. The number of rotatable bonds is 6. The van der Waals surface area contributed by atoms with Crippen LogP contribution in [0.25, 0.3) is 0 Å². The lowest BCUT2D eigenvalue weighted by Gasteiger charge is -2.11. The summed E-state index contributed by atoms with van der Waals surface area (Å²) in [4.78, 5) is 16.7. The largest absolute Gasteiger partial charge is 0.491 e. The van der Waals surface area contributed by atoms with Crippen molar-refractivity contribution < 1.29 is 9.53 Å². The summed E-state index contributed by atoms with van der Waals surface area (Å²) < 4.78 is 5.60. The molecule has 3 aromatic rings. The van der Waals surface area contributed by atoms with E-state index in [1.165, 1.54) is 6.20 Å². The maximum atomic E-state index is 12.5. The highest BCUT2D eigenvalue weighted by molar-refractivity contribution is 6.04. The normalized spacial score (nSPS) is 10.2. The van der Waals surface area contributed by atoms with E-state index in [0.717, 1.165) is 5.75 Å². The van der Waals surface area contributed by atoms with Crippen molar-refractivity contribution in [3.63, 3.8) is 0 Å². The minimum atomic E-state index is -0.276. The predicted molar refractivity (Wildman–Crippen MR) is 109 cm³/mol. The minimum Gasteiger partial charge on any atom is -0.491 e. The van der Waals surface area contributed by atoms with Gasteiger partial charge >= 0.3 is 0 Å². The third kappa shape index (κ3) is 4.86. The molecule has 0 atom stereocenters.